The predicted octanol–water partition coefficient (Wildman–Crippen LogP) is 0.239. The Kier molecular flexibility index (Phi) is 3.81. The van der Waals surface area contributed by atoms with Crippen molar-refractivity contribution in [2.24, 2.45) is 11.1 Å². The van der Waals surface area contributed by atoms with E-state index in [4.69, 9.17) is 5.73 Å². The van der Waals surface area contributed by atoms with E-state index in [0.29, 0.717) is 6.54 Å². The Morgan fingerprint density at radius 1 is 1.40 bits per heavy atom. The average molecular weight is 347 g/mol. The van der Waals surface area contributed by atoms with E-state index >= 15 is 0 Å². The van der Waals surface area contributed by atoms with Gasteiger partial charge in [0.05, 0.1) is 0 Å². The van der Waals surface area contributed by atoms with Gasteiger partial charge < -0.3 is 16.2 Å². The molecule has 9 heteroatoms. The molecule has 4 N–H and O–H groups in total. The Balaban J connectivity index is 2.26. The number of fused-ring (bicyclic) bond motifs is 1. The topological polar surface area (TPSA) is 132 Å². The summed E-state index contributed by atoms with van der Waals surface area (Å²) in [4.78, 5) is 36.5. The highest BCUT2D eigenvalue weighted by Gasteiger charge is 2.30. The van der Waals surface area contributed by atoms with E-state index in [9.17, 15) is 19.5 Å². The van der Waals surface area contributed by atoms with Crippen LogP contribution in [0.5, 0.6) is 5.88 Å². The number of aromatic nitrogens is 3. The van der Waals surface area contributed by atoms with E-state index in [1.54, 1.807) is 0 Å². The van der Waals surface area contributed by atoms with Crippen LogP contribution in [0.25, 0.3) is 5.65 Å². The molecule has 2 aromatic rings. The van der Waals surface area contributed by atoms with Crippen LogP contribution < -0.4 is 16.6 Å². The summed E-state index contributed by atoms with van der Waals surface area (Å²) in [6.07, 6.45) is 1.69. The van der Waals surface area contributed by atoms with Gasteiger partial charge in [0.25, 0.3) is 17.4 Å². The Bertz CT molecular complexity index is 931. The van der Waals surface area contributed by atoms with Crippen LogP contribution in [0.15, 0.2) is 10.9 Å². The van der Waals surface area contributed by atoms with Gasteiger partial charge >= 0.3 is 0 Å². The molecule has 0 radical (unpaired) electrons. The van der Waals surface area contributed by atoms with E-state index in [2.05, 4.69) is 10.4 Å². The first kappa shape index (κ1) is 17.0. The molecule has 0 atom stereocenters. The summed E-state index contributed by atoms with van der Waals surface area (Å²) >= 11 is 0. The van der Waals surface area contributed by atoms with Crippen LogP contribution in [0.3, 0.4) is 0 Å². The van der Waals surface area contributed by atoms with Gasteiger partial charge in [-0.1, -0.05) is 20.8 Å². The number of amides is 2. The molecule has 1 saturated carbocycles. The fourth-order valence-corrected chi connectivity index (χ4v) is 2.59. The van der Waals surface area contributed by atoms with Gasteiger partial charge in [-0.05, 0) is 18.3 Å². The molecule has 0 aliphatic heterocycles. The number of hydrogen-bond acceptors (Lipinski definition) is 5. The molecule has 0 saturated heterocycles. The minimum absolute atomic E-state index is 0.0249. The molecule has 2 amide bonds. The van der Waals surface area contributed by atoms with Gasteiger partial charge in [0.15, 0.2) is 11.3 Å². The maximum Gasteiger partial charge on any atom is 0.291 e. The highest BCUT2D eigenvalue weighted by Crippen LogP contribution is 2.26. The van der Waals surface area contributed by atoms with E-state index in [1.807, 2.05) is 20.8 Å². The van der Waals surface area contributed by atoms with Gasteiger partial charge in [0, 0.05) is 18.7 Å². The fraction of sp³-hybridized carbons (Fsp3) is 0.500. The first-order chi connectivity index (χ1) is 11.6. The average Bonchev–Trinajstić information content (AvgIpc) is 3.16. The van der Waals surface area contributed by atoms with E-state index in [-0.39, 0.29) is 28.4 Å². The summed E-state index contributed by atoms with van der Waals surface area (Å²) in [5.41, 5.74) is 3.89. The lowest BCUT2D eigenvalue weighted by Crippen LogP contribution is -2.35. The van der Waals surface area contributed by atoms with Crippen molar-refractivity contribution in [1.29, 1.82) is 0 Å². The van der Waals surface area contributed by atoms with Crippen molar-refractivity contribution in [2.75, 3.05) is 0 Å². The highest BCUT2D eigenvalue weighted by atomic mass is 16.3. The van der Waals surface area contributed by atoms with Crippen LogP contribution in [-0.4, -0.2) is 37.1 Å². The first-order valence-corrected chi connectivity index (χ1v) is 8.04. The largest absolute Gasteiger partial charge is 0.494 e. The van der Waals surface area contributed by atoms with Gasteiger partial charge in [0.2, 0.25) is 5.88 Å². The molecule has 134 valence electrons. The van der Waals surface area contributed by atoms with Crippen LogP contribution in [0, 0.1) is 5.41 Å². The second kappa shape index (κ2) is 5.61. The lowest BCUT2D eigenvalue weighted by molar-refractivity contribution is 0.0943. The minimum Gasteiger partial charge on any atom is -0.494 e. The number of primary amides is 1. The van der Waals surface area contributed by atoms with Crippen molar-refractivity contribution in [3.05, 3.63) is 27.7 Å². The summed E-state index contributed by atoms with van der Waals surface area (Å²) < 4.78 is 2.34. The van der Waals surface area contributed by atoms with Crippen molar-refractivity contribution < 1.29 is 14.7 Å². The van der Waals surface area contributed by atoms with Gasteiger partial charge in [-0.2, -0.15) is 9.61 Å². The Labute approximate surface area is 143 Å². The van der Waals surface area contributed by atoms with Gasteiger partial charge in [-0.25, -0.2) is 0 Å². The van der Waals surface area contributed by atoms with Crippen molar-refractivity contribution in [2.45, 2.75) is 46.2 Å². The third-order valence-corrected chi connectivity index (χ3v) is 3.88. The lowest BCUT2D eigenvalue weighted by atomic mass is 9.96. The molecule has 1 fully saturated rings. The number of carbonyl (C=O) groups is 2. The molecule has 0 bridgehead atoms. The Hall–Kier alpha value is -2.84. The number of hydrogen-bond donors (Lipinski definition) is 3. The smallest absolute Gasteiger partial charge is 0.291 e. The summed E-state index contributed by atoms with van der Waals surface area (Å²) in [6.45, 7) is 6.12. The molecule has 2 aromatic heterocycles. The maximum absolute atomic E-state index is 12.7. The summed E-state index contributed by atoms with van der Waals surface area (Å²) in [5, 5.41) is 17.2. The van der Waals surface area contributed by atoms with Crippen LogP contribution in [-0.2, 0) is 6.54 Å². The molecule has 0 unspecified atom stereocenters. The van der Waals surface area contributed by atoms with Gasteiger partial charge in [-0.3, -0.25) is 19.0 Å². The van der Waals surface area contributed by atoms with Crippen molar-refractivity contribution in [1.82, 2.24) is 19.5 Å². The molecular formula is C16H21N5O4. The number of carbonyl (C=O) groups excluding carboxylic acids is 2. The molecule has 1 aliphatic rings. The van der Waals surface area contributed by atoms with Crippen LogP contribution in [0.1, 0.15) is 54.5 Å². The molecule has 9 nitrogen and oxygen atoms in total. The molecule has 0 aromatic carbocycles. The van der Waals surface area contributed by atoms with Crippen LogP contribution in [0.4, 0.5) is 0 Å². The standard InChI is InChI=1S/C16H21N5O4/c1-16(2,3)7-20-10-6-9(12(17)22)19-21(10)15(25)11(14(20)24)13(23)18-8-4-5-8/h6,8,24H,4-5,7H2,1-3H3,(H2,17,22)(H,18,23). The van der Waals surface area contributed by atoms with Crippen molar-refractivity contribution in [3.63, 3.8) is 0 Å². The molecule has 2 heterocycles. The van der Waals surface area contributed by atoms with E-state index < -0.39 is 23.3 Å². The number of nitrogens with one attached hydrogen (secondary N) is 1. The molecule has 3 rings (SSSR count). The number of nitrogens with two attached hydrogens (primary N) is 1. The SMILES string of the molecule is CC(C)(C)Cn1c(O)c(C(=O)NC2CC2)c(=O)n2nc(C(N)=O)cc12. The van der Waals surface area contributed by atoms with Crippen molar-refractivity contribution in [3.8, 4) is 5.88 Å². The van der Waals surface area contributed by atoms with Crippen LogP contribution >= 0.6 is 0 Å². The predicted molar refractivity (Wildman–Crippen MR) is 89.6 cm³/mol. The molecule has 1 aliphatic carbocycles. The Morgan fingerprint density at radius 3 is 2.56 bits per heavy atom. The number of rotatable bonds is 4. The third kappa shape index (κ3) is 3.21. The summed E-state index contributed by atoms with van der Waals surface area (Å²) in [6, 6.07) is 1.36. The second-order valence-electron chi connectivity index (χ2n) is 7.56. The molecule has 25 heavy (non-hydrogen) atoms. The second-order valence-corrected chi connectivity index (χ2v) is 7.56. The number of aromatic hydroxyl groups is 1. The zero-order chi connectivity index (χ0) is 18.5. The Morgan fingerprint density at radius 2 is 2.04 bits per heavy atom. The first-order valence-electron chi connectivity index (χ1n) is 8.04. The zero-order valence-electron chi connectivity index (χ0n) is 14.4. The third-order valence-electron chi connectivity index (χ3n) is 3.88. The molecule has 0 spiro atoms. The van der Waals surface area contributed by atoms with E-state index in [1.165, 1.54) is 10.6 Å². The fourth-order valence-electron chi connectivity index (χ4n) is 2.59. The number of nitrogens with zero attached hydrogens (tertiary/aromatic N) is 3. The highest BCUT2D eigenvalue weighted by molar-refractivity contribution is 5.97. The minimum atomic E-state index is -0.797. The van der Waals surface area contributed by atoms with Gasteiger partial charge in [-0.15, -0.1) is 0 Å². The van der Waals surface area contributed by atoms with Crippen molar-refractivity contribution >= 4 is 17.5 Å². The van der Waals surface area contributed by atoms with Gasteiger partial charge in [0.1, 0.15) is 5.65 Å². The normalized spacial score (nSPS) is 14.7. The maximum atomic E-state index is 12.7. The summed E-state index contributed by atoms with van der Waals surface area (Å²) in [7, 11) is 0. The molecular weight excluding hydrogens is 326 g/mol. The lowest BCUT2D eigenvalue weighted by Gasteiger charge is -2.23. The van der Waals surface area contributed by atoms with E-state index in [0.717, 1.165) is 17.4 Å². The zero-order valence-corrected chi connectivity index (χ0v) is 14.4. The summed E-state index contributed by atoms with van der Waals surface area (Å²) in [5.74, 6) is -1.89. The monoisotopic (exact) mass is 347 g/mol. The van der Waals surface area contributed by atoms with Crippen LogP contribution in [0.2, 0.25) is 0 Å². The quantitative estimate of drug-likeness (QED) is 0.729.